The van der Waals surface area contributed by atoms with Gasteiger partial charge in [0.05, 0.1) is 5.69 Å². The van der Waals surface area contributed by atoms with Gasteiger partial charge in [-0.15, -0.1) is 0 Å². The second-order valence-corrected chi connectivity index (χ2v) is 5.95. The standard InChI is InChI=1S/C18H30N4O/c1-4-16-15(17(5-2)23-22-16)13-21-18(19-3)20-12-11-14-9-7-6-8-10-14/h9H,4-8,10-13H2,1-3H3,(H2,19,20,21). The van der Waals surface area contributed by atoms with Gasteiger partial charge in [-0.2, -0.15) is 0 Å². The SMILES string of the molecule is CCc1noc(CC)c1CNC(=NC)NCCC1=CCCCC1. The second-order valence-electron chi connectivity index (χ2n) is 5.95. The average molecular weight is 318 g/mol. The molecule has 0 atom stereocenters. The summed E-state index contributed by atoms with van der Waals surface area (Å²) in [6, 6.07) is 0. The van der Waals surface area contributed by atoms with E-state index in [1.807, 2.05) is 7.05 Å². The first-order valence-electron chi connectivity index (χ1n) is 8.87. The molecule has 0 bridgehead atoms. The summed E-state index contributed by atoms with van der Waals surface area (Å²) < 4.78 is 5.40. The molecule has 1 aliphatic carbocycles. The van der Waals surface area contributed by atoms with Crippen LogP contribution in [0.3, 0.4) is 0 Å². The largest absolute Gasteiger partial charge is 0.361 e. The summed E-state index contributed by atoms with van der Waals surface area (Å²) in [6.45, 7) is 5.83. The van der Waals surface area contributed by atoms with Crippen molar-refractivity contribution < 1.29 is 4.52 Å². The number of aromatic nitrogens is 1. The van der Waals surface area contributed by atoms with E-state index in [-0.39, 0.29) is 0 Å². The molecule has 5 nitrogen and oxygen atoms in total. The minimum atomic E-state index is 0.707. The first-order valence-corrected chi connectivity index (χ1v) is 8.87. The van der Waals surface area contributed by atoms with Gasteiger partial charge in [0.1, 0.15) is 5.76 Å². The van der Waals surface area contributed by atoms with Crippen molar-refractivity contribution in [1.82, 2.24) is 15.8 Å². The highest BCUT2D eigenvalue weighted by molar-refractivity contribution is 5.79. The Bertz CT molecular complexity index is 524. The van der Waals surface area contributed by atoms with Gasteiger partial charge in [0, 0.05) is 32.1 Å². The van der Waals surface area contributed by atoms with Crippen molar-refractivity contribution >= 4 is 5.96 Å². The Morgan fingerprint density at radius 2 is 2.13 bits per heavy atom. The monoisotopic (exact) mass is 318 g/mol. The van der Waals surface area contributed by atoms with Gasteiger partial charge in [-0.3, -0.25) is 4.99 Å². The van der Waals surface area contributed by atoms with Crippen LogP contribution in [0.1, 0.15) is 63.0 Å². The third kappa shape index (κ3) is 5.12. The van der Waals surface area contributed by atoms with Crippen LogP contribution in [0, 0.1) is 0 Å². The number of nitrogens with one attached hydrogen (secondary N) is 2. The zero-order valence-corrected chi connectivity index (χ0v) is 14.7. The number of aliphatic imine (C=N–C) groups is 1. The summed E-state index contributed by atoms with van der Waals surface area (Å²) in [7, 11) is 1.81. The Morgan fingerprint density at radius 1 is 1.26 bits per heavy atom. The Kier molecular flexibility index (Phi) is 7.17. The summed E-state index contributed by atoms with van der Waals surface area (Å²) in [6.07, 6.45) is 10.5. The van der Waals surface area contributed by atoms with Crippen LogP contribution in [0.2, 0.25) is 0 Å². The van der Waals surface area contributed by atoms with E-state index in [0.717, 1.165) is 43.2 Å². The van der Waals surface area contributed by atoms with E-state index in [1.54, 1.807) is 5.57 Å². The normalized spacial score (nSPS) is 15.4. The molecule has 0 aromatic carbocycles. The molecule has 0 unspecified atom stereocenters. The zero-order chi connectivity index (χ0) is 16.5. The highest BCUT2D eigenvalue weighted by atomic mass is 16.5. The minimum absolute atomic E-state index is 0.707. The predicted molar refractivity (Wildman–Crippen MR) is 94.6 cm³/mol. The minimum Gasteiger partial charge on any atom is -0.361 e. The van der Waals surface area contributed by atoms with E-state index in [0.29, 0.717) is 6.54 Å². The molecule has 1 heterocycles. The molecule has 1 aromatic heterocycles. The van der Waals surface area contributed by atoms with E-state index in [4.69, 9.17) is 4.52 Å². The number of allylic oxidation sites excluding steroid dienone is 1. The lowest BCUT2D eigenvalue weighted by Gasteiger charge is -2.15. The Balaban J connectivity index is 1.81. The van der Waals surface area contributed by atoms with Crippen molar-refractivity contribution in [1.29, 1.82) is 0 Å². The van der Waals surface area contributed by atoms with Crippen molar-refractivity contribution in [2.24, 2.45) is 4.99 Å². The van der Waals surface area contributed by atoms with Crippen LogP contribution in [0.15, 0.2) is 21.2 Å². The quantitative estimate of drug-likeness (QED) is 0.460. The fourth-order valence-corrected chi connectivity index (χ4v) is 3.00. The Labute approximate surface area is 139 Å². The van der Waals surface area contributed by atoms with Crippen LogP contribution in [-0.4, -0.2) is 24.7 Å². The van der Waals surface area contributed by atoms with Gasteiger partial charge < -0.3 is 15.2 Å². The lowest BCUT2D eigenvalue weighted by atomic mass is 9.97. The molecular formula is C18H30N4O. The molecular weight excluding hydrogens is 288 g/mol. The van der Waals surface area contributed by atoms with Crippen molar-refractivity contribution in [2.45, 2.75) is 65.3 Å². The van der Waals surface area contributed by atoms with Gasteiger partial charge in [0.15, 0.2) is 5.96 Å². The molecule has 0 spiro atoms. The molecule has 2 N–H and O–H groups in total. The van der Waals surface area contributed by atoms with Gasteiger partial charge in [0.2, 0.25) is 0 Å². The molecule has 2 rings (SSSR count). The number of rotatable bonds is 7. The summed E-state index contributed by atoms with van der Waals surface area (Å²) in [5.74, 6) is 1.81. The van der Waals surface area contributed by atoms with Crippen LogP contribution < -0.4 is 10.6 Å². The maximum Gasteiger partial charge on any atom is 0.191 e. The van der Waals surface area contributed by atoms with E-state index in [2.05, 4.69) is 40.7 Å². The van der Waals surface area contributed by atoms with Crippen LogP contribution in [0.25, 0.3) is 0 Å². The van der Waals surface area contributed by atoms with Crippen LogP contribution in [0.4, 0.5) is 0 Å². The lowest BCUT2D eigenvalue weighted by molar-refractivity contribution is 0.380. The number of guanidine groups is 1. The smallest absolute Gasteiger partial charge is 0.191 e. The molecule has 23 heavy (non-hydrogen) atoms. The topological polar surface area (TPSA) is 62.5 Å². The summed E-state index contributed by atoms with van der Waals surface area (Å²) in [5, 5.41) is 10.9. The molecule has 1 aromatic rings. The first kappa shape index (κ1) is 17.6. The number of hydrogen-bond acceptors (Lipinski definition) is 3. The Morgan fingerprint density at radius 3 is 2.78 bits per heavy atom. The van der Waals surface area contributed by atoms with Gasteiger partial charge in [-0.1, -0.05) is 30.7 Å². The third-order valence-electron chi connectivity index (χ3n) is 4.39. The van der Waals surface area contributed by atoms with Gasteiger partial charge in [-0.25, -0.2) is 0 Å². The van der Waals surface area contributed by atoms with Crippen molar-refractivity contribution in [3.05, 3.63) is 28.7 Å². The van der Waals surface area contributed by atoms with E-state index < -0.39 is 0 Å². The molecule has 0 radical (unpaired) electrons. The number of aryl methyl sites for hydroxylation is 2. The molecule has 0 aliphatic heterocycles. The zero-order valence-electron chi connectivity index (χ0n) is 14.7. The van der Waals surface area contributed by atoms with E-state index in [1.165, 1.54) is 31.2 Å². The third-order valence-corrected chi connectivity index (χ3v) is 4.39. The molecule has 5 heteroatoms. The summed E-state index contributed by atoms with van der Waals surface area (Å²) >= 11 is 0. The highest BCUT2D eigenvalue weighted by Gasteiger charge is 2.13. The van der Waals surface area contributed by atoms with Crippen LogP contribution in [-0.2, 0) is 19.4 Å². The average Bonchev–Trinajstić information content (AvgIpc) is 3.00. The van der Waals surface area contributed by atoms with Crippen LogP contribution >= 0.6 is 0 Å². The van der Waals surface area contributed by atoms with Crippen molar-refractivity contribution in [3.63, 3.8) is 0 Å². The molecule has 0 amide bonds. The molecule has 0 saturated heterocycles. The lowest BCUT2D eigenvalue weighted by Crippen LogP contribution is -2.37. The molecule has 0 fully saturated rings. The fourth-order valence-electron chi connectivity index (χ4n) is 3.00. The van der Waals surface area contributed by atoms with Gasteiger partial charge in [0.25, 0.3) is 0 Å². The summed E-state index contributed by atoms with van der Waals surface area (Å²) in [4.78, 5) is 4.31. The van der Waals surface area contributed by atoms with Gasteiger partial charge in [-0.05, 0) is 38.5 Å². The van der Waals surface area contributed by atoms with E-state index in [9.17, 15) is 0 Å². The maximum absolute atomic E-state index is 5.40. The van der Waals surface area contributed by atoms with E-state index >= 15 is 0 Å². The molecule has 1 aliphatic rings. The highest BCUT2D eigenvalue weighted by Crippen LogP contribution is 2.19. The maximum atomic E-state index is 5.40. The summed E-state index contributed by atoms with van der Waals surface area (Å²) in [5.41, 5.74) is 3.80. The molecule has 0 saturated carbocycles. The fraction of sp³-hybridized carbons (Fsp3) is 0.667. The first-order chi connectivity index (χ1) is 11.3. The van der Waals surface area contributed by atoms with Crippen molar-refractivity contribution in [3.8, 4) is 0 Å². The Hall–Kier alpha value is -1.78. The van der Waals surface area contributed by atoms with Crippen molar-refractivity contribution in [2.75, 3.05) is 13.6 Å². The second kappa shape index (κ2) is 9.38. The number of hydrogen-bond donors (Lipinski definition) is 2. The molecule has 128 valence electrons. The number of nitrogens with zero attached hydrogens (tertiary/aromatic N) is 2. The van der Waals surface area contributed by atoms with Crippen LogP contribution in [0.5, 0.6) is 0 Å². The van der Waals surface area contributed by atoms with Gasteiger partial charge >= 0.3 is 0 Å². The predicted octanol–water partition coefficient (Wildman–Crippen LogP) is 3.35.